The van der Waals surface area contributed by atoms with E-state index in [0.717, 1.165) is 35.6 Å². The summed E-state index contributed by atoms with van der Waals surface area (Å²) in [6.07, 6.45) is 3.88. The number of methoxy groups -OCH3 is 1. The van der Waals surface area contributed by atoms with Crippen LogP contribution in [0.3, 0.4) is 0 Å². The fourth-order valence-electron chi connectivity index (χ4n) is 2.51. The predicted octanol–water partition coefficient (Wildman–Crippen LogP) is 3.02. The molecule has 0 atom stereocenters. The lowest BCUT2D eigenvalue weighted by Crippen LogP contribution is -1.95. The lowest BCUT2D eigenvalue weighted by Gasteiger charge is -2.02. The Kier molecular flexibility index (Phi) is 3.52. The maximum atomic E-state index is 5.71. The first-order valence-corrected chi connectivity index (χ1v) is 7.03. The maximum absolute atomic E-state index is 5.71. The van der Waals surface area contributed by atoms with Gasteiger partial charge >= 0.3 is 0 Å². The highest BCUT2D eigenvalue weighted by Gasteiger charge is 2.09. The summed E-state index contributed by atoms with van der Waals surface area (Å²) in [4.78, 5) is 4.71. The van der Waals surface area contributed by atoms with Crippen LogP contribution in [0.1, 0.15) is 17.0 Å². The van der Waals surface area contributed by atoms with E-state index in [-0.39, 0.29) is 0 Å². The molecule has 0 aliphatic carbocycles. The summed E-state index contributed by atoms with van der Waals surface area (Å²) in [6, 6.07) is 11.9. The van der Waals surface area contributed by atoms with Gasteiger partial charge in [-0.05, 0) is 43.5 Å². The standard InChI is InChI=1S/C17H19N3O/c1-12-16(8-5-13-3-6-14(18)7-4-13)19-17-11-15(21-2)9-10-20(12)17/h3-4,6-7,9-11H,5,8,18H2,1-2H3. The molecule has 4 heteroatoms. The van der Waals surface area contributed by atoms with Crippen LogP contribution in [-0.2, 0) is 12.8 Å². The Labute approximate surface area is 124 Å². The molecule has 0 fully saturated rings. The molecule has 0 bridgehead atoms. The van der Waals surface area contributed by atoms with Gasteiger partial charge in [-0.1, -0.05) is 12.1 Å². The van der Waals surface area contributed by atoms with Crippen molar-refractivity contribution >= 4 is 11.3 Å². The molecule has 0 aliphatic rings. The van der Waals surface area contributed by atoms with Gasteiger partial charge in [0, 0.05) is 23.6 Å². The summed E-state index contributed by atoms with van der Waals surface area (Å²) in [5.74, 6) is 0.831. The van der Waals surface area contributed by atoms with E-state index in [1.54, 1.807) is 7.11 Å². The number of anilines is 1. The van der Waals surface area contributed by atoms with Crippen LogP contribution >= 0.6 is 0 Å². The first kappa shape index (κ1) is 13.5. The quantitative estimate of drug-likeness (QED) is 0.748. The summed E-state index contributed by atoms with van der Waals surface area (Å²) in [7, 11) is 1.67. The Bertz CT molecular complexity index is 760. The van der Waals surface area contributed by atoms with E-state index in [1.165, 1.54) is 11.3 Å². The minimum Gasteiger partial charge on any atom is -0.497 e. The number of hydrogen-bond donors (Lipinski definition) is 1. The van der Waals surface area contributed by atoms with Crippen LogP contribution in [0.4, 0.5) is 5.69 Å². The van der Waals surface area contributed by atoms with Gasteiger partial charge in [0.05, 0.1) is 12.8 Å². The molecule has 2 aromatic heterocycles. The number of hydrogen-bond acceptors (Lipinski definition) is 3. The predicted molar refractivity (Wildman–Crippen MR) is 84.7 cm³/mol. The van der Waals surface area contributed by atoms with E-state index in [9.17, 15) is 0 Å². The molecule has 108 valence electrons. The molecular weight excluding hydrogens is 262 g/mol. The largest absolute Gasteiger partial charge is 0.497 e. The summed E-state index contributed by atoms with van der Waals surface area (Å²) >= 11 is 0. The van der Waals surface area contributed by atoms with Crippen molar-refractivity contribution in [3.63, 3.8) is 0 Å². The lowest BCUT2D eigenvalue weighted by molar-refractivity contribution is 0.414. The number of nitrogens with zero attached hydrogens (tertiary/aromatic N) is 2. The van der Waals surface area contributed by atoms with Gasteiger partial charge in [-0.2, -0.15) is 0 Å². The normalized spacial score (nSPS) is 11.0. The second-order valence-electron chi connectivity index (χ2n) is 5.18. The molecule has 0 amide bonds. The van der Waals surface area contributed by atoms with Gasteiger partial charge in [0.2, 0.25) is 0 Å². The Morgan fingerprint density at radius 3 is 2.62 bits per heavy atom. The highest BCUT2D eigenvalue weighted by Crippen LogP contribution is 2.19. The molecule has 0 saturated heterocycles. The molecule has 0 saturated carbocycles. The van der Waals surface area contributed by atoms with Gasteiger partial charge in [-0.25, -0.2) is 4.98 Å². The fraction of sp³-hybridized carbons (Fsp3) is 0.235. The topological polar surface area (TPSA) is 52.5 Å². The van der Waals surface area contributed by atoms with Crippen LogP contribution in [0, 0.1) is 6.92 Å². The lowest BCUT2D eigenvalue weighted by atomic mass is 10.1. The van der Waals surface area contributed by atoms with Gasteiger partial charge < -0.3 is 14.9 Å². The molecule has 0 aliphatic heterocycles. The first-order chi connectivity index (χ1) is 10.2. The van der Waals surface area contributed by atoms with Crippen LogP contribution in [0.15, 0.2) is 42.6 Å². The van der Waals surface area contributed by atoms with E-state index in [0.29, 0.717) is 0 Å². The van der Waals surface area contributed by atoms with Crippen LogP contribution < -0.4 is 10.5 Å². The number of nitrogen functional groups attached to an aromatic ring is 1. The third-order valence-corrected chi connectivity index (χ3v) is 3.80. The third kappa shape index (κ3) is 2.70. The first-order valence-electron chi connectivity index (χ1n) is 7.03. The molecule has 2 N–H and O–H groups in total. The molecule has 2 heterocycles. The second kappa shape index (κ2) is 5.48. The van der Waals surface area contributed by atoms with Crippen molar-refractivity contribution in [2.75, 3.05) is 12.8 Å². The van der Waals surface area contributed by atoms with Gasteiger partial charge in [0.1, 0.15) is 11.4 Å². The van der Waals surface area contributed by atoms with Crippen molar-refractivity contribution in [3.8, 4) is 5.75 Å². The number of rotatable bonds is 4. The van der Waals surface area contributed by atoms with Crippen molar-refractivity contribution in [3.05, 3.63) is 59.5 Å². The zero-order valence-electron chi connectivity index (χ0n) is 12.3. The van der Waals surface area contributed by atoms with Crippen LogP contribution in [0.5, 0.6) is 5.75 Å². The van der Waals surface area contributed by atoms with E-state index >= 15 is 0 Å². The summed E-state index contributed by atoms with van der Waals surface area (Å²) in [5, 5.41) is 0. The minimum atomic E-state index is 0.801. The van der Waals surface area contributed by atoms with E-state index < -0.39 is 0 Å². The molecule has 3 aromatic rings. The minimum absolute atomic E-state index is 0.801. The maximum Gasteiger partial charge on any atom is 0.140 e. The summed E-state index contributed by atoms with van der Waals surface area (Å²) < 4.78 is 7.34. The monoisotopic (exact) mass is 281 g/mol. The zero-order chi connectivity index (χ0) is 14.8. The number of nitrogens with two attached hydrogens (primary N) is 1. The number of pyridine rings is 1. The van der Waals surface area contributed by atoms with E-state index in [2.05, 4.69) is 23.5 Å². The van der Waals surface area contributed by atoms with Crippen molar-refractivity contribution in [2.45, 2.75) is 19.8 Å². The number of benzene rings is 1. The van der Waals surface area contributed by atoms with Crippen LogP contribution in [-0.4, -0.2) is 16.5 Å². The van der Waals surface area contributed by atoms with Gasteiger partial charge in [-0.15, -0.1) is 0 Å². The average Bonchev–Trinajstić information content (AvgIpc) is 2.82. The van der Waals surface area contributed by atoms with Crippen molar-refractivity contribution in [1.29, 1.82) is 0 Å². The molecule has 3 rings (SSSR count). The fourth-order valence-corrected chi connectivity index (χ4v) is 2.51. The van der Waals surface area contributed by atoms with Crippen molar-refractivity contribution < 1.29 is 4.74 Å². The van der Waals surface area contributed by atoms with Gasteiger partial charge in [-0.3, -0.25) is 0 Å². The second-order valence-corrected chi connectivity index (χ2v) is 5.18. The highest BCUT2D eigenvalue weighted by atomic mass is 16.5. The van der Waals surface area contributed by atoms with Crippen LogP contribution in [0.25, 0.3) is 5.65 Å². The highest BCUT2D eigenvalue weighted by molar-refractivity contribution is 5.48. The van der Waals surface area contributed by atoms with E-state index in [4.69, 9.17) is 15.5 Å². The Hall–Kier alpha value is -2.49. The molecule has 4 nitrogen and oxygen atoms in total. The number of ether oxygens (including phenoxy) is 1. The Balaban J connectivity index is 1.83. The van der Waals surface area contributed by atoms with Crippen molar-refractivity contribution in [1.82, 2.24) is 9.38 Å². The molecule has 21 heavy (non-hydrogen) atoms. The number of aromatic nitrogens is 2. The van der Waals surface area contributed by atoms with Gasteiger partial charge in [0.25, 0.3) is 0 Å². The molecule has 1 aromatic carbocycles. The van der Waals surface area contributed by atoms with E-state index in [1.807, 2.05) is 30.5 Å². The number of imidazole rings is 1. The molecule has 0 unspecified atom stereocenters. The molecule has 0 radical (unpaired) electrons. The number of fused-ring (bicyclic) bond motifs is 1. The third-order valence-electron chi connectivity index (χ3n) is 3.80. The van der Waals surface area contributed by atoms with Crippen molar-refractivity contribution in [2.24, 2.45) is 0 Å². The SMILES string of the molecule is COc1ccn2c(C)c(CCc3ccc(N)cc3)nc2c1. The molecule has 0 spiro atoms. The Morgan fingerprint density at radius 2 is 1.90 bits per heavy atom. The average molecular weight is 281 g/mol. The number of aryl methyl sites for hydroxylation is 3. The molecular formula is C17H19N3O. The van der Waals surface area contributed by atoms with Crippen LogP contribution in [0.2, 0.25) is 0 Å². The zero-order valence-corrected chi connectivity index (χ0v) is 12.3. The van der Waals surface area contributed by atoms with Gasteiger partial charge in [0.15, 0.2) is 0 Å². The smallest absolute Gasteiger partial charge is 0.140 e. The Morgan fingerprint density at radius 1 is 1.14 bits per heavy atom. The summed E-state index contributed by atoms with van der Waals surface area (Å²) in [6.45, 7) is 2.10. The summed E-state index contributed by atoms with van der Waals surface area (Å²) in [5.41, 5.74) is 11.0.